The standard InChI is InChI=1S/C14H20FN/c1-3-5-10(2)8-11-9-16-14-12(11)6-4-7-13(14)15/h4,6-7,10-11,16H,3,5,8-9H2,1-2H3. The summed E-state index contributed by atoms with van der Waals surface area (Å²) < 4.78 is 13.5. The first-order chi connectivity index (χ1) is 7.72. The Morgan fingerprint density at radius 2 is 2.31 bits per heavy atom. The normalized spacial score (nSPS) is 20.3. The van der Waals surface area contributed by atoms with Gasteiger partial charge in [0.1, 0.15) is 5.82 Å². The predicted octanol–water partition coefficient (Wildman–Crippen LogP) is 4.16. The van der Waals surface area contributed by atoms with E-state index in [4.69, 9.17) is 0 Å². The molecule has 1 N–H and O–H groups in total. The van der Waals surface area contributed by atoms with Crippen molar-refractivity contribution in [1.82, 2.24) is 0 Å². The van der Waals surface area contributed by atoms with Gasteiger partial charge in [-0.15, -0.1) is 0 Å². The summed E-state index contributed by atoms with van der Waals surface area (Å²) in [5.74, 6) is 1.11. The third-order valence-electron chi connectivity index (χ3n) is 3.48. The van der Waals surface area contributed by atoms with Gasteiger partial charge in [-0.1, -0.05) is 38.8 Å². The molecular formula is C14H20FN. The van der Waals surface area contributed by atoms with Crippen LogP contribution in [0.15, 0.2) is 18.2 Å². The molecule has 0 radical (unpaired) electrons. The Morgan fingerprint density at radius 3 is 3.06 bits per heavy atom. The van der Waals surface area contributed by atoms with Crippen molar-refractivity contribution in [3.8, 4) is 0 Å². The fourth-order valence-corrected chi connectivity index (χ4v) is 2.71. The maximum absolute atomic E-state index is 13.5. The van der Waals surface area contributed by atoms with Crippen LogP contribution in [0.4, 0.5) is 10.1 Å². The highest BCUT2D eigenvalue weighted by Gasteiger charge is 2.25. The lowest BCUT2D eigenvalue weighted by Crippen LogP contribution is -2.07. The van der Waals surface area contributed by atoms with Crippen LogP contribution < -0.4 is 5.32 Å². The monoisotopic (exact) mass is 221 g/mol. The number of rotatable bonds is 4. The molecule has 0 aromatic heterocycles. The molecule has 1 aliphatic rings. The highest BCUT2D eigenvalue weighted by Crippen LogP contribution is 2.37. The second kappa shape index (κ2) is 4.86. The van der Waals surface area contributed by atoms with Crippen molar-refractivity contribution in [1.29, 1.82) is 0 Å². The molecule has 0 aliphatic carbocycles. The van der Waals surface area contributed by atoms with Gasteiger partial charge in [-0.25, -0.2) is 4.39 Å². The average Bonchev–Trinajstić information content (AvgIpc) is 2.64. The van der Waals surface area contributed by atoms with E-state index in [-0.39, 0.29) is 5.82 Å². The van der Waals surface area contributed by atoms with Crippen LogP contribution in [0, 0.1) is 11.7 Å². The molecule has 2 atom stereocenters. The summed E-state index contributed by atoms with van der Waals surface area (Å²) in [6.45, 7) is 5.40. The summed E-state index contributed by atoms with van der Waals surface area (Å²) in [7, 11) is 0. The zero-order valence-electron chi connectivity index (χ0n) is 10.1. The number of halogens is 1. The molecule has 0 spiro atoms. The molecule has 88 valence electrons. The van der Waals surface area contributed by atoms with E-state index >= 15 is 0 Å². The molecule has 0 saturated heterocycles. The van der Waals surface area contributed by atoms with Crippen molar-refractivity contribution in [2.45, 2.75) is 39.0 Å². The van der Waals surface area contributed by atoms with E-state index in [1.807, 2.05) is 6.07 Å². The van der Waals surface area contributed by atoms with Crippen molar-refractivity contribution < 1.29 is 4.39 Å². The smallest absolute Gasteiger partial charge is 0.146 e. The molecule has 1 heterocycles. The molecule has 0 saturated carbocycles. The van der Waals surface area contributed by atoms with E-state index < -0.39 is 0 Å². The fourth-order valence-electron chi connectivity index (χ4n) is 2.71. The van der Waals surface area contributed by atoms with Crippen molar-refractivity contribution in [3.63, 3.8) is 0 Å². The maximum Gasteiger partial charge on any atom is 0.146 e. The maximum atomic E-state index is 13.5. The number of fused-ring (bicyclic) bond motifs is 1. The lowest BCUT2D eigenvalue weighted by atomic mass is 9.89. The molecule has 1 aromatic rings. The Morgan fingerprint density at radius 1 is 1.50 bits per heavy atom. The third-order valence-corrected chi connectivity index (χ3v) is 3.48. The van der Waals surface area contributed by atoms with Crippen LogP contribution in [0.25, 0.3) is 0 Å². The Hall–Kier alpha value is -1.05. The molecule has 2 heteroatoms. The predicted molar refractivity (Wildman–Crippen MR) is 66.3 cm³/mol. The van der Waals surface area contributed by atoms with E-state index in [0.717, 1.165) is 24.6 Å². The molecule has 1 aromatic carbocycles. The average molecular weight is 221 g/mol. The topological polar surface area (TPSA) is 12.0 Å². The molecule has 2 rings (SSSR count). The van der Waals surface area contributed by atoms with Gasteiger partial charge in [0.15, 0.2) is 0 Å². The fraction of sp³-hybridized carbons (Fsp3) is 0.571. The summed E-state index contributed by atoms with van der Waals surface area (Å²) >= 11 is 0. The number of hydrogen-bond donors (Lipinski definition) is 1. The van der Waals surface area contributed by atoms with Crippen molar-refractivity contribution in [2.75, 3.05) is 11.9 Å². The molecule has 0 amide bonds. The summed E-state index contributed by atoms with van der Waals surface area (Å²) in [4.78, 5) is 0. The van der Waals surface area contributed by atoms with Gasteiger partial charge in [0, 0.05) is 12.5 Å². The van der Waals surface area contributed by atoms with Crippen LogP contribution >= 0.6 is 0 Å². The second-order valence-corrected chi connectivity index (χ2v) is 4.91. The minimum atomic E-state index is -0.108. The van der Waals surface area contributed by atoms with E-state index in [1.54, 1.807) is 0 Å². The number of anilines is 1. The van der Waals surface area contributed by atoms with Gasteiger partial charge < -0.3 is 5.32 Å². The first kappa shape index (κ1) is 11.4. The number of para-hydroxylation sites is 1. The van der Waals surface area contributed by atoms with E-state index in [2.05, 4.69) is 25.2 Å². The zero-order valence-corrected chi connectivity index (χ0v) is 10.1. The highest BCUT2D eigenvalue weighted by molar-refractivity contribution is 5.58. The zero-order chi connectivity index (χ0) is 11.5. The minimum absolute atomic E-state index is 0.108. The Kier molecular flexibility index (Phi) is 3.47. The molecule has 0 bridgehead atoms. The lowest BCUT2D eigenvalue weighted by Gasteiger charge is -2.15. The van der Waals surface area contributed by atoms with Crippen LogP contribution in [0.3, 0.4) is 0 Å². The Bertz CT molecular complexity index is 362. The van der Waals surface area contributed by atoms with Crippen LogP contribution in [0.2, 0.25) is 0 Å². The van der Waals surface area contributed by atoms with Crippen LogP contribution in [0.5, 0.6) is 0 Å². The molecule has 2 unspecified atom stereocenters. The molecule has 1 nitrogen and oxygen atoms in total. The van der Waals surface area contributed by atoms with Gasteiger partial charge >= 0.3 is 0 Å². The van der Waals surface area contributed by atoms with Crippen LogP contribution in [-0.4, -0.2) is 6.54 Å². The van der Waals surface area contributed by atoms with Gasteiger partial charge in [-0.3, -0.25) is 0 Å². The Balaban J connectivity index is 2.09. The third kappa shape index (κ3) is 2.21. The van der Waals surface area contributed by atoms with Crippen LogP contribution in [0.1, 0.15) is 44.6 Å². The second-order valence-electron chi connectivity index (χ2n) is 4.91. The summed E-state index contributed by atoms with van der Waals surface area (Å²) in [5.41, 5.74) is 1.90. The van der Waals surface area contributed by atoms with E-state index in [0.29, 0.717) is 5.92 Å². The lowest BCUT2D eigenvalue weighted by molar-refractivity contribution is 0.448. The number of benzene rings is 1. The quantitative estimate of drug-likeness (QED) is 0.805. The molecule has 0 fully saturated rings. The van der Waals surface area contributed by atoms with Crippen molar-refractivity contribution >= 4 is 5.69 Å². The summed E-state index contributed by atoms with van der Waals surface area (Å²) in [6, 6.07) is 5.41. The highest BCUT2D eigenvalue weighted by atomic mass is 19.1. The van der Waals surface area contributed by atoms with Gasteiger partial charge in [0.25, 0.3) is 0 Å². The first-order valence-electron chi connectivity index (χ1n) is 6.24. The minimum Gasteiger partial charge on any atom is -0.382 e. The molecule has 1 aliphatic heterocycles. The van der Waals surface area contributed by atoms with Gasteiger partial charge in [-0.2, -0.15) is 0 Å². The van der Waals surface area contributed by atoms with Crippen molar-refractivity contribution in [2.24, 2.45) is 5.92 Å². The van der Waals surface area contributed by atoms with E-state index in [9.17, 15) is 4.39 Å². The first-order valence-corrected chi connectivity index (χ1v) is 6.24. The number of hydrogen-bond acceptors (Lipinski definition) is 1. The largest absolute Gasteiger partial charge is 0.382 e. The van der Waals surface area contributed by atoms with Crippen LogP contribution in [-0.2, 0) is 0 Å². The van der Waals surface area contributed by atoms with E-state index in [1.165, 1.54) is 24.5 Å². The van der Waals surface area contributed by atoms with Crippen molar-refractivity contribution in [3.05, 3.63) is 29.6 Å². The van der Waals surface area contributed by atoms with Gasteiger partial charge in [0.05, 0.1) is 5.69 Å². The van der Waals surface area contributed by atoms with Gasteiger partial charge in [0.2, 0.25) is 0 Å². The summed E-state index contributed by atoms with van der Waals surface area (Å²) in [5, 5.41) is 3.19. The summed E-state index contributed by atoms with van der Waals surface area (Å²) in [6.07, 6.45) is 3.66. The number of nitrogens with one attached hydrogen (secondary N) is 1. The van der Waals surface area contributed by atoms with Gasteiger partial charge in [-0.05, 0) is 24.0 Å². The SMILES string of the molecule is CCCC(C)CC1CNc2c(F)cccc21. The molecule has 16 heavy (non-hydrogen) atoms. The molecular weight excluding hydrogens is 201 g/mol. The Labute approximate surface area is 97.1 Å².